The smallest absolute Gasteiger partial charge is 0.125 e. The Hall–Kier alpha value is -2.10. The van der Waals surface area contributed by atoms with Crippen LogP contribution in [0.1, 0.15) is 11.4 Å². The second-order valence-corrected chi connectivity index (χ2v) is 3.86. The predicted molar refractivity (Wildman–Crippen MR) is 67.1 cm³/mol. The van der Waals surface area contributed by atoms with E-state index in [2.05, 4.69) is 10.3 Å². The SMILES string of the molecule is Cc1cccc(CNc2cc(F)ccc2N)n1. The van der Waals surface area contributed by atoms with E-state index in [1.807, 2.05) is 25.1 Å². The highest BCUT2D eigenvalue weighted by molar-refractivity contribution is 5.65. The van der Waals surface area contributed by atoms with Crippen LogP contribution in [0.15, 0.2) is 36.4 Å². The van der Waals surface area contributed by atoms with Crippen molar-refractivity contribution in [1.82, 2.24) is 4.98 Å². The molecule has 0 aliphatic heterocycles. The number of nitrogens with one attached hydrogen (secondary N) is 1. The van der Waals surface area contributed by atoms with Gasteiger partial charge in [-0.25, -0.2) is 4.39 Å². The van der Waals surface area contributed by atoms with Crippen molar-refractivity contribution in [1.29, 1.82) is 0 Å². The minimum atomic E-state index is -0.307. The molecule has 1 aromatic carbocycles. The number of nitrogens with two attached hydrogens (primary N) is 1. The fraction of sp³-hybridized carbons (Fsp3) is 0.154. The van der Waals surface area contributed by atoms with E-state index in [1.165, 1.54) is 12.1 Å². The first-order chi connectivity index (χ1) is 8.15. The van der Waals surface area contributed by atoms with Crippen LogP contribution in [0, 0.1) is 12.7 Å². The lowest BCUT2D eigenvalue weighted by Gasteiger charge is -2.09. The van der Waals surface area contributed by atoms with E-state index in [-0.39, 0.29) is 5.82 Å². The number of benzene rings is 1. The van der Waals surface area contributed by atoms with Crippen LogP contribution in [0.3, 0.4) is 0 Å². The largest absolute Gasteiger partial charge is 0.397 e. The standard InChI is InChI=1S/C13H14FN3/c1-9-3-2-4-11(17-9)8-16-13-7-10(14)5-6-12(13)15/h2-7,16H,8,15H2,1H3. The molecule has 0 spiro atoms. The van der Waals surface area contributed by atoms with Crippen LogP contribution in [0.2, 0.25) is 0 Å². The monoisotopic (exact) mass is 231 g/mol. The van der Waals surface area contributed by atoms with E-state index in [0.29, 0.717) is 17.9 Å². The molecule has 1 aromatic heterocycles. The molecule has 0 radical (unpaired) electrons. The molecule has 0 aliphatic carbocycles. The Kier molecular flexibility index (Phi) is 3.23. The third kappa shape index (κ3) is 2.93. The van der Waals surface area contributed by atoms with Crippen LogP contribution >= 0.6 is 0 Å². The van der Waals surface area contributed by atoms with Crippen LogP contribution < -0.4 is 11.1 Å². The van der Waals surface area contributed by atoms with Gasteiger partial charge in [0, 0.05) is 5.69 Å². The molecule has 0 saturated heterocycles. The van der Waals surface area contributed by atoms with E-state index in [0.717, 1.165) is 11.4 Å². The van der Waals surface area contributed by atoms with Gasteiger partial charge in [-0.2, -0.15) is 0 Å². The first-order valence-corrected chi connectivity index (χ1v) is 5.36. The Labute approximate surface area is 99.5 Å². The zero-order chi connectivity index (χ0) is 12.3. The Bertz CT molecular complexity index is 526. The second kappa shape index (κ2) is 4.82. The van der Waals surface area contributed by atoms with E-state index < -0.39 is 0 Å². The summed E-state index contributed by atoms with van der Waals surface area (Å²) in [6, 6.07) is 10.0. The number of halogens is 1. The Morgan fingerprint density at radius 1 is 1.29 bits per heavy atom. The van der Waals surface area contributed by atoms with Crippen LogP contribution in [-0.2, 0) is 6.54 Å². The summed E-state index contributed by atoms with van der Waals surface area (Å²) in [5.74, 6) is -0.307. The molecule has 0 saturated carbocycles. The zero-order valence-electron chi connectivity index (χ0n) is 9.57. The molecule has 1 heterocycles. The third-order valence-electron chi connectivity index (χ3n) is 2.42. The third-order valence-corrected chi connectivity index (χ3v) is 2.42. The van der Waals surface area contributed by atoms with Crippen molar-refractivity contribution in [2.45, 2.75) is 13.5 Å². The predicted octanol–water partition coefficient (Wildman–Crippen LogP) is 2.72. The molecule has 4 heteroatoms. The van der Waals surface area contributed by atoms with Gasteiger partial charge in [0.1, 0.15) is 5.82 Å². The van der Waals surface area contributed by atoms with Gasteiger partial charge in [-0.05, 0) is 37.3 Å². The maximum absolute atomic E-state index is 13.0. The van der Waals surface area contributed by atoms with Gasteiger partial charge in [-0.1, -0.05) is 6.07 Å². The van der Waals surface area contributed by atoms with Crippen LogP contribution in [-0.4, -0.2) is 4.98 Å². The van der Waals surface area contributed by atoms with Crippen molar-refractivity contribution in [3.05, 3.63) is 53.6 Å². The molecule has 0 atom stereocenters. The normalized spacial score (nSPS) is 10.2. The molecule has 0 bridgehead atoms. The zero-order valence-corrected chi connectivity index (χ0v) is 9.57. The highest BCUT2D eigenvalue weighted by atomic mass is 19.1. The lowest BCUT2D eigenvalue weighted by molar-refractivity contribution is 0.628. The van der Waals surface area contributed by atoms with Gasteiger partial charge < -0.3 is 11.1 Å². The highest BCUT2D eigenvalue weighted by Crippen LogP contribution is 2.19. The number of aryl methyl sites for hydroxylation is 1. The summed E-state index contributed by atoms with van der Waals surface area (Å²) in [5, 5.41) is 3.07. The summed E-state index contributed by atoms with van der Waals surface area (Å²) < 4.78 is 13.0. The van der Waals surface area contributed by atoms with Gasteiger partial charge in [0.25, 0.3) is 0 Å². The van der Waals surface area contributed by atoms with Crippen LogP contribution in [0.25, 0.3) is 0 Å². The van der Waals surface area contributed by atoms with Gasteiger partial charge in [-0.15, -0.1) is 0 Å². The van der Waals surface area contributed by atoms with E-state index in [1.54, 1.807) is 6.07 Å². The van der Waals surface area contributed by atoms with Crippen LogP contribution in [0.5, 0.6) is 0 Å². The topological polar surface area (TPSA) is 50.9 Å². The number of pyridine rings is 1. The molecule has 2 rings (SSSR count). The van der Waals surface area contributed by atoms with Crippen molar-refractivity contribution in [2.75, 3.05) is 11.1 Å². The van der Waals surface area contributed by atoms with E-state index in [9.17, 15) is 4.39 Å². The molecular weight excluding hydrogens is 217 g/mol. The first-order valence-electron chi connectivity index (χ1n) is 5.36. The number of hydrogen-bond acceptors (Lipinski definition) is 3. The maximum atomic E-state index is 13.0. The number of hydrogen-bond donors (Lipinski definition) is 2. The molecule has 3 N–H and O–H groups in total. The molecule has 0 aliphatic rings. The number of nitrogens with zero attached hydrogens (tertiary/aromatic N) is 1. The van der Waals surface area contributed by atoms with Crippen molar-refractivity contribution >= 4 is 11.4 Å². The van der Waals surface area contributed by atoms with Gasteiger partial charge in [-0.3, -0.25) is 4.98 Å². The van der Waals surface area contributed by atoms with Crippen molar-refractivity contribution in [3.63, 3.8) is 0 Å². The molecule has 2 aromatic rings. The molecule has 88 valence electrons. The van der Waals surface area contributed by atoms with Gasteiger partial charge in [0.2, 0.25) is 0 Å². The van der Waals surface area contributed by atoms with Gasteiger partial charge >= 0.3 is 0 Å². The van der Waals surface area contributed by atoms with Crippen molar-refractivity contribution < 1.29 is 4.39 Å². The van der Waals surface area contributed by atoms with E-state index >= 15 is 0 Å². The number of nitrogen functional groups attached to an aromatic ring is 1. The summed E-state index contributed by atoms with van der Waals surface area (Å²) in [5.41, 5.74) is 8.70. The Morgan fingerprint density at radius 2 is 2.12 bits per heavy atom. The molecule has 0 amide bonds. The summed E-state index contributed by atoms with van der Waals surface area (Å²) in [6.45, 7) is 2.45. The van der Waals surface area contributed by atoms with E-state index in [4.69, 9.17) is 5.73 Å². The fourth-order valence-corrected chi connectivity index (χ4v) is 1.57. The summed E-state index contributed by atoms with van der Waals surface area (Å²) in [4.78, 5) is 4.34. The number of aromatic nitrogens is 1. The summed E-state index contributed by atoms with van der Waals surface area (Å²) >= 11 is 0. The summed E-state index contributed by atoms with van der Waals surface area (Å²) in [7, 11) is 0. The Balaban J connectivity index is 2.09. The van der Waals surface area contributed by atoms with Gasteiger partial charge in [0.15, 0.2) is 0 Å². The highest BCUT2D eigenvalue weighted by Gasteiger charge is 2.01. The fourth-order valence-electron chi connectivity index (χ4n) is 1.57. The Morgan fingerprint density at radius 3 is 2.88 bits per heavy atom. The molecule has 0 fully saturated rings. The molecule has 17 heavy (non-hydrogen) atoms. The van der Waals surface area contributed by atoms with Crippen molar-refractivity contribution in [3.8, 4) is 0 Å². The summed E-state index contributed by atoms with van der Waals surface area (Å²) in [6.07, 6.45) is 0. The molecular formula is C13H14FN3. The lowest BCUT2D eigenvalue weighted by atomic mass is 10.2. The average molecular weight is 231 g/mol. The average Bonchev–Trinajstić information content (AvgIpc) is 2.30. The number of anilines is 2. The maximum Gasteiger partial charge on any atom is 0.125 e. The molecule has 3 nitrogen and oxygen atoms in total. The number of rotatable bonds is 3. The molecule has 0 unspecified atom stereocenters. The van der Waals surface area contributed by atoms with Crippen LogP contribution in [0.4, 0.5) is 15.8 Å². The first kappa shape index (κ1) is 11.4. The van der Waals surface area contributed by atoms with Crippen molar-refractivity contribution in [2.24, 2.45) is 0 Å². The quantitative estimate of drug-likeness (QED) is 0.798. The lowest BCUT2D eigenvalue weighted by Crippen LogP contribution is -2.04. The second-order valence-electron chi connectivity index (χ2n) is 3.86. The minimum Gasteiger partial charge on any atom is -0.397 e. The van der Waals surface area contributed by atoms with Gasteiger partial charge in [0.05, 0.1) is 23.6 Å². The minimum absolute atomic E-state index is 0.307.